The van der Waals surface area contributed by atoms with E-state index in [4.69, 9.17) is 9.15 Å². The Balaban J connectivity index is 1.88. The van der Waals surface area contributed by atoms with Gasteiger partial charge in [-0.3, -0.25) is 14.9 Å². The van der Waals surface area contributed by atoms with Crippen LogP contribution in [0.2, 0.25) is 0 Å². The number of ether oxygens (including phenoxy) is 1. The van der Waals surface area contributed by atoms with Crippen LogP contribution in [0, 0.1) is 15.9 Å². The summed E-state index contributed by atoms with van der Waals surface area (Å²) in [5.74, 6) is -2.33. The van der Waals surface area contributed by atoms with E-state index in [1.807, 2.05) is 0 Å². The summed E-state index contributed by atoms with van der Waals surface area (Å²) in [5, 5.41) is 10.4. The molecule has 0 aliphatic rings. The van der Waals surface area contributed by atoms with Crippen LogP contribution in [0.3, 0.4) is 0 Å². The number of esters is 1. The highest BCUT2D eigenvalue weighted by Gasteiger charge is 2.11. The number of carbonyl (C=O) groups excluding carboxylic acids is 2. The second-order valence-corrected chi connectivity index (χ2v) is 4.31. The van der Waals surface area contributed by atoms with Gasteiger partial charge in [0.2, 0.25) is 0 Å². The van der Waals surface area contributed by atoms with Crippen molar-refractivity contribution >= 4 is 23.7 Å². The molecule has 0 amide bonds. The van der Waals surface area contributed by atoms with Crippen LogP contribution in [0.5, 0.6) is 0 Å². The summed E-state index contributed by atoms with van der Waals surface area (Å²) in [5.41, 5.74) is 0.0865. The zero-order valence-corrected chi connectivity index (χ0v) is 11.6. The summed E-state index contributed by atoms with van der Waals surface area (Å²) < 4.78 is 22.5. The minimum atomic E-state index is -0.839. The van der Waals surface area contributed by atoms with Gasteiger partial charge in [-0.15, -0.1) is 0 Å². The number of carbonyl (C=O) groups is 2. The molecule has 0 aliphatic carbocycles. The molecule has 118 valence electrons. The Morgan fingerprint density at radius 3 is 2.74 bits per heavy atom. The molecule has 1 heterocycles. The molecule has 0 spiro atoms. The number of Topliss-reactive ketones (excluding diaryl/α,β-unsaturated/α-hetero) is 1. The average Bonchev–Trinajstić information content (AvgIpc) is 3.00. The first-order valence-corrected chi connectivity index (χ1v) is 6.33. The molecule has 0 aliphatic heterocycles. The van der Waals surface area contributed by atoms with E-state index in [0.717, 1.165) is 18.2 Å². The Kier molecular flexibility index (Phi) is 4.98. The molecular weight excluding hydrogens is 309 g/mol. The van der Waals surface area contributed by atoms with Gasteiger partial charge in [0.05, 0.1) is 6.07 Å². The SMILES string of the molecule is O=C(/C=C/c1ccc([N+](=O)[O-])o1)OCC(=O)c1cccc(F)c1. The number of furan rings is 1. The molecule has 8 heteroatoms. The number of nitrogens with zero attached hydrogens (tertiary/aromatic N) is 1. The Bertz CT molecular complexity index is 780. The zero-order valence-electron chi connectivity index (χ0n) is 11.6. The normalized spacial score (nSPS) is 10.7. The van der Waals surface area contributed by atoms with E-state index >= 15 is 0 Å². The monoisotopic (exact) mass is 319 g/mol. The summed E-state index contributed by atoms with van der Waals surface area (Å²) in [4.78, 5) is 32.8. The van der Waals surface area contributed by atoms with Crippen LogP contribution >= 0.6 is 0 Å². The van der Waals surface area contributed by atoms with Crippen molar-refractivity contribution in [2.45, 2.75) is 0 Å². The largest absolute Gasteiger partial charge is 0.454 e. The Hall–Kier alpha value is -3.29. The molecule has 0 saturated carbocycles. The molecule has 7 nitrogen and oxygen atoms in total. The lowest BCUT2D eigenvalue weighted by Gasteiger charge is -2.01. The van der Waals surface area contributed by atoms with E-state index in [1.54, 1.807) is 0 Å². The Morgan fingerprint density at radius 1 is 1.30 bits per heavy atom. The van der Waals surface area contributed by atoms with Gasteiger partial charge in [0, 0.05) is 11.6 Å². The van der Waals surface area contributed by atoms with Crippen molar-refractivity contribution in [3.63, 3.8) is 0 Å². The van der Waals surface area contributed by atoms with Crippen molar-refractivity contribution in [3.05, 3.63) is 69.7 Å². The molecule has 0 fully saturated rings. The van der Waals surface area contributed by atoms with Crippen molar-refractivity contribution in [2.24, 2.45) is 0 Å². The summed E-state index contributed by atoms with van der Waals surface area (Å²) in [7, 11) is 0. The van der Waals surface area contributed by atoms with Crippen LogP contribution in [0.4, 0.5) is 10.3 Å². The van der Waals surface area contributed by atoms with Crippen molar-refractivity contribution in [3.8, 4) is 0 Å². The summed E-state index contributed by atoms with van der Waals surface area (Å²) in [6, 6.07) is 7.44. The van der Waals surface area contributed by atoms with Crippen molar-refractivity contribution in [2.75, 3.05) is 6.61 Å². The predicted molar refractivity (Wildman–Crippen MR) is 76.1 cm³/mol. The van der Waals surface area contributed by atoms with Crippen LogP contribution in [0.1, 0.15) is 16.1 Å². The van der Waals surface area contributed by atoms with Gasteiger partial charge in [0.1, 0.15) is 16.5 Å². The second-order valence-electron chi connectivity index (χ2n) is 4.31. The number of benzene rings is 1. The molecule has 2 aromatic rings. The molecule has 1 aromatic carbocycles. The second kappa shape index (κ2) is 7.12. The third-order valence-electron chi connectivity index (χ3n) is 2.67. The van der Waals surface area contributed by atoms with Gasteiger partial charge >= 0.3 is 11.9 Å². The van der Waals surface area contributed by atoms with Crippen LogP contribution < -0.4 is 0 Å². The van der Waals surface area contributed by atoms with E-state index in [0.29, 0.717) is 0 Å². The van der Waals surface area contributed by atoms with Crippen molar-refractivity contribution in [1.82, 2.24) is 0 Å². The van der Waals surface area contributed by atoms with E-state index < -0.39 is 35.0 Å². The quantitative estimate of drug-likeness (QED) is 0.267. The lowest BCUT2D eigenvalue weighted by molar-refractivity contribution is -0.402. The molecule has 0 saturated heterocycles. The smallest absolute Gasteiger partial charge is 0.433 e. The Labute approximate surface area is 129 Å². The van der Waals surface area contributed by atoms with Crippen molar-refractivity contribution in [1.29, 1.82) is 0 Å². The first kappa shape index (κ1) is 16.1. The van der Waals surface area contributed by atoms with Gasteiger partial charge in [-0.25, -0.2) is 9.18 Å². The van der Waals surface area contributed by atoms with Crippen molar-refractivity contribution < 1.29 is 28.1 Å². The van der Waals surface area contributed by atoms with E-state index in [1.165, 1.54) is 30.3 Å². The first-order chi connectivity index (χ1) is 11.0. The summed E-state index contributed by atoms with van der Waals surface area (Å²) in [6.07, 6.45) is 2.13. The standard InChI is InChI=1S/C15H10FNO6/c16-11-3-1-2-10(8-11)13(18)9-22-15(19)7-5-12-4-6-14(23-12)17(20)21/h1-8H,9H2/b7-5+. The van der Waals surface area contributed by atoms with Gasteiger partial charge in [-0.1, -0.05) is 12.1 Å². The van der Waals surface area contributed by atoms with E-state index in [2.05, 4.69) is 0 Å². The summed E-state index contributed by atoms with van der Waals surface area (Å²) >= 11 is 0. The van der Waals surface area contributed by atoms with Crippen LogP contribution in [-0.2, 0) is 9.53 Å². The van der Waals surface area contributed by atoms with Gasteiger partial charge in [0.25, 0.3) is 0 Å². The highest BCUT2D eigenvalue weighted by atomic mass is 19.1. The molecule has 0 bridgehead atoms. The Morgan fingerprint density at radius 2 is 2.09 bits per heavy atom. The van der Waals surface area contributed by atoms with Gasteiger partial charge in [-0.05, 0) is 24.3 Å². The van der Waals surface area contributed by atoms with Crippen LogP contribution in [0.15, 0.2) is 46.9 Å². The minimum absolute atomic E-state index is 0.0865. The third kappa shape index (κ3) is 4.60. The number of hydrogen-bond donors (Lipinski definition) is 0. The van der Waals surface area contributed by atoms with Crippen LogP contribution in [-0.4, -0.2) is 23.3 Å². The highest BCUT2D eigenvalue weighted by molar-refractivity contribution is 5.98. The lowest BCUT2D eigenvalue weighted by Crippen LogP contribution is -2.12. The molecular formula is C15H10FNO6. The molecule has 23 heavy (non-hydrogen) atoms. The van der Waals surface area contributed by atoms with E-state index in [-0.39, 0.29) is 11.3 Å². The number of hydrogen-bond acceptors (Lipinski definition) is 6. The predicted octanol–water partition coefficient (Wildman–Crippen LogP) is 2.77. The zero-order chi connectivity index (χ0) is 16.8. The number of nitro groups is 1. The molecule has 0 atom stereocenters. The minimum Gasteiger partial charge on any atom is -0.454 e. The summed E-state index contributed by atoms with van der Waals surface area (Å²) in [6.45, 7) is -0.551. The third-order valence-corrected chi connectivity index (χ3v) is 2.67. The number of ketones is 1. The fourth-order valence-electron chi connectivity index (χ4n) is 1.61. The maximum atomic E-state index is 13.0. The van der Waals surface area contributed by atoms with Gasteiger partial charge in [-0.2, -0.15) is 0 Å². The lowest BCUT2D eigenvalue weighted by atomic mass is 10.1. The first-order valence-electron chi connectivity index (χ1n) is 6.33. The topological polar surface area (TPSA) is 99.7 Å². The molecule has 0 N–H and O–H groups in total. The maximum absolute atomic E-state index is 13.0. The molecule has 0 radical (unpaired) electrons. The average molecular weight is 319 g/mol. The fourth-order valence-corrected chi connectivity index (χ4v) is 1.61. The fraction of sp³-hybridized carbons (Fsp3) is 0.0667. The maximum Gasteiger partial charge on any atom is 0.433 e. The molecule has 1 aromatic heterocycles. The van der Waals surface area contributed by atoms with E-state index in [9.17, 15) is 24.1 Å². The highest BCUT2D eigenvalue weighted by Crippen LogP contribution is 2.16. The number of rotatable bonds is 6. The van der Waals surface area contributed by atoms with Gasteiger partial charge < -0.3 is 9.15 Å². The van der Waals surface area contributed by atoms with Gasteiger partial charge in [0.15, 0.2) is 12.4 Å². The number of halogens is 1. The molecule has 0 unspecified atom stereocenters. The van der Waals surface area contributed by atoms with Crippen LogP contribution in [0.25, 0.3) is 6.08 Å². The molecule has 2 rings (SSSR count).